The highest BCUT2D eigenvalue weighted by Crippen LogP contribution is 2.21. The Morgan fingerprint density at radius 3 is 2.67 bits per heavy atom. The number of benzene rings is 1. The minimum atomic E-state index is -0.997. The van der Waals surface area contributed by atoms with Crippen LogP contribution in [0.1, 0.15) is 38.5 Å². The lowest BCUT2D eigenvalue weighted by molar-refractivity contribution is -0.126. The van der Waals surface area contributed by atoms with E-state index in [1.165, 1.54) is 18.3 Å². The van der Waals surface area contributed by atoms with Gasteiger partial charge in [-0.2, -0.15) is 4.39 Å². The molecule has 0 spiro atoms. The number of ether oxygens (including phenoxy) is 2. The monoisotopic (exact) mass is 424 g/mol. The van der Waals surface area contributed by atoms with Gasteiger partial charge in [0.05, 0.1) is 36.9 Å². The number of nitrogens with zero attached hydrogens (tertiary/aromatic N) is 1. The molecule has 3 N–H and O–H groups in total. The second-order valence-corrected chi connectivity index (χ2v) is 6.66. The highest BCUT2D eigenvalue weighted by molar-refractivity contribution is 5.94. The topological polar surface area (TPSA) is 101 Å². The molecule has 1 aliphatic heterocycles. The zero-order chi connectivity index (χ0) is 22.1. The molecule has 1 aliphatic rings. The Bertz CT molecular complexity index is 820. The van der Waals surface area contributed by atoms with Gasteiger partial charge in [-0.1, -0.05) is 6.07 Å². The number of pyridine rings is 1. The fraction of sp³-hybridized carbons (Fsp3) is 0.429. The molecule has 3 unspecified atom stereocenters. The smallest absolute Gasteiger partial charge is 0.253 e. The van der Waals surface area contributed by atoms with Gasteiger partial charge in [0.2, 0.25) is 5.82 Å². The minimum Gasteiger partial charge on any atom is -0.491 e. The Kier molecular flexibility index (Phi) is 9.10. The van der Waals surface area contributed by atoms with Gasteiger partial charge in [0.25, 0.3) is 5.91 Å². The Hall–Kier alpha value is -2.62. The van der Waals surface area contributed by atoms with Gasteiger partial charge in [0.1, 0.15) is 12.2 Å². The van der Waals surface area contributed by atoms with Crippen molar-refractivity contribution in [1.29, 1.82) is 0 Å². The lowest BCUT2D eigenvalue weighted by Crippen LogP contribution is -2.27. The van der Waals surface area contributed by atoms with Crippen LogP contribution in [0.3, 0.4) is 0 Å². The van der Waals surface area contributed by atoms with Crippen LogP contribution in [0, 0.1) is 11.6 Å². The lowest BCUT2D eigenvalue weighted by atomic mass is 10.2. The number of hydrogen-bond donors (Lipinski definition) is 3. The van der Waals surface area contributed by atoms with Crippen molar-refractivity contribution in [3.8, 4) is 5.75 Å². The van der Waals surface area contributed by atoms with E-state index in [0.717, 1.165) is 18.9 Å². The summed E-state index contributed by atoms with van der Waals surface area (Å²) in [6, 6.07) is 7.05. The Balaban J connectivity index is 0.000000248. The van der Waals surface area contributed by atoms with Gasteiger partial charge in [0, 0.05) is 0 Å². The van der Waals surface area contributed by atoms with Crippen molar-refractivity contribution in [2.24, 2.45) is 0 Å². The highest BCUT2D eigenvalue weighted by atomic mass is 19.2. The summed E-state index contributed by atoms with van der Waals surface area (Å²) in [6.45, 7) is 3.61. The third kappa shape index (κ3) is 6.72. The van der Waals surface area contributed by atoms with Crippen LogP contribution in [-0.2, 0) is 9.53 Å². The maximum Gasteiger partial charge on any atom is 0.253 e. The van der Waals surface area contributed by atoms with Crippen molar-refractivity contribution in [3.63, 3.8) is 0 Å². The van der Waals surface area contributed by atoms with E-state index >= 15 is 0 Å². The van der Waals surface area contributed by atoms with E-state index in [0.29, 0.717) is 18.0 Å². The molecule has 3 rings (SSSR count). The van der Waals surface area contributed by atoms with Crippen molar-refractivity contribution < 1.29 is 33.3 Å². The largest absolute Gasteiger partial charge is 0.491 e. The van der Waals surface area contributed by atoms with Gasteiger partial charge >= 0.3 is 0 Å². The van der Waals surface area contributed by atoms with Crippen LogP contribution in [0.2, 0.25) is 0 Å². The summed E-state index contributed by atoms with van der Waals surface area (Å²) in [5.41, 5.74) is 0.910. The molecule has 0 aliphatic carbocycles. The zero-order valence-electron chi connectivity index (χ0n) is 16.8. The Morgan fingerprint density at radius 1 is 1.33 bits per heavy atom. The summed E-state index contributed by atoms with van der Waals surface area (Å²) < 4.78 is 35.4. The predicted octanol–water partition coefficient (Wildman–Crippen LogP) is 2.98. The number of aliphatic hydroxyl groups is 2. The molecular weight excluding hydrogens is 398 g/mol. The Morgan fingerprint density at radius 2 is 2.10 bits per heavy atom. The summed E-state index contributed by atoms with van der Waals surface area (Å²) in [7, 11) is 0. The number of amides is 1. The van der Waals surface area contributed by atoms with E-state index in [-0.39, 0.29) is 24.4 Å². The van der Waals surface area contributed by atoms with Gasteiger partial charge in [0.15, 0.2) is 11.6 Å². The van der Waals surface area contributed by atoms with Gasteiger partial charge in [-0.3, -0.25) is 9.78 Å². The van der Waals surface area contributed by atoms with E-state index in [9.17, 15) is 18.7 Å². The molecular formula is C21H26F2N2O5. The number of aliphatic hydroxyl groups excluding tert-OH is 2. The molecule has 0 bridgehead atoms. The van der Waals surface area contributed by atoms with Gasteiger partial charge < -0.3 is 25.0 Å². The molecule has 1 amide bonds. The maximum absolute atomic E-state index is 12.7. The van der Waals surface area contributed by atoms with Crippen LogP contribution in [-0.4, -0.2) is 46.5 Å². The lowest BCUT2D eigenvalue weighted by Gasteiger charge is -2.12. The summed E-state index contributed by atoms with van der Waals surface area (Å²) in [5, 5.41) is 20.9. The summed E-state index contributed by atoms with van der Waals surface area (Å²) in [4.78, 5) is 15.9. The molecule has 3 atom stereocenters. The van der Waals surface area contributed by atoms with E-state index in [2.05, 4.69) is 10.3 Å². The number of anilines is 1. The van der Waals surface area contributed by atoms with Crippen molar-refractivity contribution in [1.82, 2.24) is 4.98 Å². The van der Waals surface area contributed by atoms with Gasteiger partial charge in [-0.05, 0) is 51.0 Å². The molecule has 1 aromatic heterocycles. The highest BCUT2D eigenvalue weighted by Gasteiger charge is 2.28. The first-order chi connectivity index (χ1) is 14.3. The number of carbonyl (C=O) groups is 1. The number of halogens is 2. The van der Waals surface area contributed by atoms with Gasteiger partial charge in [-0.15, -0.1) is 0 Å². The van der Waals surface area contributed by atoms with Crippen molar-refractivity contribution in [2.45, 2.75) is 45.0 Å². The molecule has 2 aromatic rings. The predicted molar refractivity (Wildman–Crippen MR) is 106 cm³/mol. The third-order valence-corrected chi connectivity index (χ3v) is 4.31. The fourth-order valence-corrected chi connectivity index (χ4v) is 2.74. The molecule has 1 saturated heterocycles. The standard InChI is InChI=1S/C13H18N2O4.C8H8F2O/c1-8-2-5-12(19-8)13(18)15-9-3-4-10(14-6-9)11(17)7-16;1-2-11-7-5-3-4-6(9)8(7)10/h3-4,6,8,11-12,16-17H,2,5,7H2,1H3,(H,15,18);3-5H,2H2,1H3. The van der Waals surface area contributed by atoms with Crippen LogP contribution in [0.5, 0.6) is 5.75 Å². The van der Waals surface area contributed by atoms with E-state index in [1.54, 1.807) is 19.1 Å². The normalized spacial score (nSPS) is 18.9. The fourth-order valence-electron chi connectivity index (χ4n) is 2.74. The number of aromatic nitrogens is 1. The molecule has 7 nitrogen and oxygen atoms in total. The minimum absolute atomic E-state index is 0.0347. The summed E-state index contributed by atoms with van der Waals surface area (Å²) >= 11 is 0. The van der Waals surface area contributed by atoms with E-state index < -0.39 is 23.8 Å². The van der Waals surface area contributed by atoms with Crippen LogP contribution >= 0.6 is 0 Å². The average molecular weight is 424 g/mol. The maximum atomic E-state index is 12.7. The molecule has 1 fully saturated rings. The van der Waals surface area contributed by atoms with Crippen LogP contribution < -0.4 is 10.1 Å². The number of carbonyl (C=O) groups excluding carboxylic acids is 1. The SMILES string of the molecule is CC1CCC(C(=O)Nc2ccc(C(O)CO)nc2)O1.CCOc1cccc(F)c1F. The second kappa shape index (κ2) is 11.5. The third-order valence-electron chi connectivity index (χ3n) is 4.31. The first-order valence-corrected chi connectivity index (χ1v) is 9.63. The first-order valence-electron chi connectivity index (χ1n) is 9.63. The molecule has 164 valence electrons. The molecule has 0 saturated carbocycles. The molecule has 0 radical (unpaired) electrons. The number of rotatable bonds is 6. The van der Waals surface area contributed by atoms with Gasteiger partial charge in [-0.25, -0.2) is 4.39 Å². The molecule has 30 heavy (non-hydrogen) atoms. The molecule has 1 aromatic carbocycles. The Labute approximate surface area is 173 Å². The quantitative estimate of drug-likeness (QED) is 0.659. The second-order valence-electron chi connectivity index (χ2n) is 6.66. The zero-order valence-corrected chi connectivity index (χ0v) is 16.8. The summed E-state index contributed by atoms with van der Waals surface area (Å²) in [5.74, 6) is -2.01. The summed E-state index contributed by atoms with van der Waals surface area (Å²) in [6.07, 6.45) is 1.78. The number of hydrogen-bond acceptors (Lipinski definition) is 6. The number of nitrogens with one attached hydrogen (secondary N) is 1. The van der Waals surface area contributed by atoms with Crippen LogP contribution in [0.15, 0.2) is 36.5 Å². The van der Waals surface area contributed by atoms with Crippen LogP contribution in [0.25, 0.3) is 0 Å². The molecule has 2 heterocycles. The molecule has 9 heteroatoms. The van der Waals surface area contributed by atoms with E-state index in [1.807, 2.05) is 6.92 Å². The van der Waals surface area contributed by atoms with E-state index in [4.69, 9.17) is 14.6 Å². The average Bonchev–Trinajstić information content (AvgIpc) is 3.18. The first kappa shape index (κ1) is 23.7. The van der Waals surface area contributed by atoms with Crippen molar-refractivity contribution >= 4 is 11.6 Å². The van der Waals surface area contributed by atoms with Crippen molar-refractivity contribution in [3.05, 3.63) is 53.9 Å². The van der Waals surface area contributed by atoms with Crippen LogP contribution in [0.4, 0.5) is 14.5 Å². The van der Waals surface area contributed by atoms with Crippen molar-refractivity contribution in [2.75, 3.05) is 18.5 Å².